The lowest BCUT2D eigenvalue weighted by Gasteiger charge is -2.07. The fourth-order valence-electron chi connectivity index (χ4n) is 1.36. The van der Waals surface area contributed by atoms with Crippen LogP contribution < -0.4 is 5.73 Å². The molecule has 88 valence electrons. The van der Waals surface area contributed by atoms with Gasteiger partial charge in [0.15, 0.2) is 0 Å². The molecule has 1 unspecified atom stereocenters. The van der Waals surface area contributed by atoms with E-state index in [4.69, 9.17) is 5.73 Å². The number of para-hydroxylation sites is 1. The van der Waals surface area contributed by atoms with Gasteiger partial charge in [0.2, 0.25) is 0 Å². The van der Waals surface area contributed by atoms with Crippen LogP contribution in [-0.2, 0) is 17.5 Å². The number of hydrogen-bond donors (Lipinski definition) is 1. The van der Waals surface area contributed by atoms with Crippen molar-refractivity contribution in [3.8, 4) is 0 Å². The normalized spacial score (nSPS) is 12.3. The molecule has 0 aromatic heterocycles. The molecule has 0 fully saturated rings. The van der Waals surface area contributed by atoms with Gasteiger partial charge in [-0.25, -0.2) is 0 Å². The second-order valence-electron chi connectivity index (χ2n) is 3.22. The molecule has 2 N–H and O–H groups in total. The van der Waals surface area contributed by atoms with Crippen LogP contribution in [0.15, 0.2) is 18.2 Å². The minimum absolute atomic E-state index is 0.0299. The average molecular weight is 243 g/mol. The maximum absolute atomic E-state index is 10.6. The number of benzene rings is 1. The Balaban J connectivity index is 2.77. The highest BCUT2D eigenvalue weighted by Crippen LogP contribution is 2.25. The molecule has 0 aliphatic carbocycles. The fraction of sp³-hybridized carbons (Fsp3) is 0.333. The summed E-state index contributed by atoms with van der Waals surface area (Å²) in [5.74, 6) is 0.0299. The molecule has 1 atom stereocenters. The van der Waals surface area contributed by atoms with Gasteiger partial charge in [0.25, 0.3) is 5.69 Å². The number of anilines is 1. The molecule has 1 aromatic rings. The predicted octanol–water partition coefficient (Wildman–Crippen LogP) is 0.989. The largest absolute Gasteiger partial charge is 0.772 e. The molecule has 1 aromatic carbocycles. The van der Waals surface area contributed by atoms with Crippen molar-refractivity contribution in [2.45, 2.75) is 12.8 Å². The molecule has 6 nitrogen and oxygen atoms in total. The minimum Gasteiger partial charge on any atom is -0.772 e. The number of nitro benzene ring substituents is 1. The third-order valence-corrected chi connectivity index (χ3v) is 2.75. The first-order valence-corrected chi connectivity index (χ1v) is 5.84. The summed E-state index contributed by atoms with van der Waals surface area (Å²) < 4.78 is 20.6. The van der Waals surface area contributed by atoms with Crippen LogP contribution in [0, 0.1) is 10.1 Å². The maximum Gasteiger partial charge on any atom is 0.292 e. The lowest BCUT2D eigenvalue weighted by Crippen LogP contribution is -2.02. The van der Waals surface area contributed by atoms with Gasteiger partial charge >= 0.3 is 0 Å². The Labute approximate surface area is 94.9 Å². The fourth-order valence-corrected chi connectivity index (χ4v) is 1.74. The zero-order chi connectivity index (χ0) is 12.1. The lowest BCUT2D eigenvalue weighted by molar-refractivity contribution is -0.383. The molecule has 0 amide bonds. The van der Waals surface area contributed by atoms with Crippen molar-refractivity contribution in [3.05, 3.63) is 33.9 Å². The number of nitrogens with zero attached hydrogens (tertiary/aromatic N) is 1. The van der Waals surface area contributed by atoms with Crippen LogP contribution >= 0.6 is 0 Å². The topological polar surface area (TPSA) is 109 Å². The highest BCUT2D eigenvalue weighted by Gasteiger charge is 2.13. The van der Waals surface area contributed by atoms with E-state index >= 15 is 0 Å². The SMILES string of the molecule is Nc1c(CCCS(=O)[O-])cccc1[N+](=O)[O-]. The van der Waals surface area contributed by atoms with Crippen molar-refractivity contribution in [2.75, 3.05) is 11.5 Å². The third kappa shape index (κ3) is 3.28. The quantitative estimate of drug-likeness (QED) is 0.359. The van der Waals surface area contributed by atoms with Crippen LogP contribution in [0.2, 0.25) is 0 Å². The van der Waals surface area contributed by atoms with E-state index < -0.39 is 16.0 Å². The maximum atomic E-state index is 10.6. The number of nitrogens with two attached hydrogens (primary N) is 1. The summed E-state index contributed by atoms with van der Waals surface area (Å²) in [7, 11) is 0. The van der Waals surface area contributed by atoms with Crippen LogP contribution in [0.3, 0.4) is 0 Å². The molecular weight excluding hydrogens is 232 g/mol. The Bertz CT molecular complexity index is 422. The molecule has 0 spiro atoms. The molecule has 0 bridgehead atoms. The van der Waals surface area contributed by atoms with Crippen LogP contribution in [0.25, 0.3) is 0 Å². The van der Waals surface area contributed by atoms with E-state index in [2.05, 4.69) is 0 Å². The Kier molecular flexibility index (Phi) is 4.39. The molecule has 16 heavy (non-hydrogen) atoms. The van der Waals surface area contributed by atoms with Crippen LogP contribution in [-0.4, -0.2) is 19.4 Å². The van der Waals surface area contributed by atoms with Crippen molar-refractivity contribution in [1.29, 1.82) is 0 Å². The Morgan fingerprint density at radius 1 is 1.44 bits per heavy atom. The third-order valence-electron chi connectivity index (χ3n) is 2.13. The number of aryl methyl sites for hydroxylation is 1. The molecule has 0 radical (unpaired) electrons. The summed E-state index contributed by atoms with van der Waals surface area (Å²) in [6.45, 7) is 0. The van der Waals surface area contributed by atoms with E-state index in [9.17, 15) is 18.9 Å². The Morgan fingerprint density at radius 3 is 2.69 bits per heavy atom. The van der Waals surface area contributed by atoms with Crippen molar-refractivity contribution in [2.24, 2.45) is 0 Å². The Hall–Kier alpha value is -1.47. The smallest absolute Gasteiger partial charge is 0.292 e. The van der Waals surface area contributed by atoms with Crippen LogP contribution in [0.5, 0.6) is 0 Å². The number of nitrogen functional groups attached to an aromatic ring is 1. The van der Waals surface area contributed by atoms with Crippen molar-refractivity contribution in [3.63, 3.8) is 0 Å². The van der Waals surface area contributed by atoms with E-state index in [1.165, 1.54) is 12.1 Å². The molecule has 0 aliphatic rings. The first-order chi connectivity index (χ1) is 7.52. The van der Waals surface area contributed by atoms with Gasteiger partial charge < -0.3 is 10.3 Å². The van der Waals surface area contributed by atoms with Gasteiger partial charge in [-0.3, -0.25) is 14.3 Å². The molecule has 0 saturated heterocycles. The number of hydrogen-bond acceptors (Lipinski definition) is 5. The summed E-state index contributed by atoms with van der Waals surface area (Å²) in [6, 6.07) is 4.53. The summed E-state index contributed by atoms with van der Waals surface area (Å²) in [6.07, 6.45) is 0.822. The zero-order valence-electron chi connectivity index (χ0n) is 8.42. The van der Waals surface area contributed by atoms with Gasteiger partial charge in [0.1, 0.15) is 5.69 Å². The van der Waals surface area contributed by atoms with E-state index in [0.717, 1.165) is 0 Å². The van der Waals surface area contributed by atoms with Gasteiger partial charge in [0.05, 0.1) is 4.92 Å². The van der Waals surface area contributed by atoms with Crippen molar-refractivity contribution >= 4 is 22.5 Å². The van der Waals surface area contributed by atoms with Crippen LogP contribution in [0.4, 0.5) is 11.4 Å². The summed E-state index contributed by atoms with van der Waals surface area (Å²) in [4.78, 5) is 10.0. The van der Waals surface area contributed by atoms with Gasteiger partial charge in [-0.1, -0.05) is 23.2 Å². The molecule has 7 heteroatoms. The number of nitro groups is 1. The molecule has 0 aliphatic heterocycles. The van der Waals surface area contributed by atoms with E-state index in [1.807, 2.05) is 0 Å². The Morgan fingerprint density at radius 2 is 2.12 bits per heavy atom. The zero-order valence-corrected chi connectivity index (χ0v) is 9.24. The average Bonchev–Trinajstić information content (AvgIpc) is 2.19. The first-order valence-electron chi connectivity index (χ1n) is 4.60. The molecular formula is C9H11N2O4S-. The number of rotatable bonds is 5. The highest BCUT2D eigenvalue weighted by atomic mass is 32.2. The van der Waals surface area contributed by atoms with Gasteiger partial charge in [0, 0.05) is 11.8 Å². The van der Waals surface area contributed by atoms with E-state index in [1.54, 1.807) is 6.07 Å². The molecule has 0 heterocycles. The second-order valence-corrected chi connectivity index (χ2v) is 4.23. The minimum atomic E-state index is -2.08. The molecule has 1 rings (SSSR count). The van der Waals surface area contributed by atoms with Gasteiger partial charge in [-0.05, 0) is 18.4 Å². The van der Waals surface area contributed by atoms with E-state index in [-0.39, 0.29) is 17.1 Å². The van der Waals surface area contributed by atoms with Crippen molar-refractivity contribution < 1.29 is 13.7 Å². The first kappa shape index (κ1) is 12.6. The highest BCUT2D eigenvalue weighted by molar-refractivity contribution is 7.79. The van der Waals surface area contributed by atoms with Crippen LogP contribution in [0.1, 0.15) is 12.0 Å². The van der Waals surface area contributed by atoms with Gasteiger partial charge in [-0.15, -0.1) is 0 Å². The standard InChI is InChI=1S/C9H12N2O4S/c10-9-7(4-2-6-16(14)15)3-1-5-8(9)11(12)13/h1,3,5H,2,4,6,10H2,(H,14,15)/p-1. The summed E-state index contributed by atoms with van der Waals surface area (Å²) in [5.41, 5.74) is 6.19. The van der Waals surface area contributed by atoms with Gasteiger partial charge in [-0.2, -0.15) is 0 Å². The summed E-state index contributed by atoms with van der Waals surface area (Å²) >= 11 is -2.08. The predicted molar refractivity (Wildman–Crippen MR) is 59.6 cm³/mol. The monoisotopic (exact) mass is 243 g/mol. The lowest BCUT2D eigenvalue weighted by atomic mass is 10.1. The van der Waals surface area contributed by atoms with E-state index in [0.29, 0.717) is 18.4 Å². The summed E-state index contributed by atoms with van der Waals surface area (Å²) in [5, 5.41) is 10.6. The van der Waals surface area contributed by atoms with Crippen molar-refractivity contribution in [1.82, 2.24) is 0 Å². The molecule has 0 saturated carbocycles. The second kappa shape index (κ2) is 5.57.